The van der Waals surface area contributed by atoms with Gasteiger partial charge in [-0.2, -0.15) is 0 Å². The third-order valence-electron chi connectivity index (χ3n) is 3.48. The van der Waals surface area contributed by atoms with Crippen LogP contribution in [-0.2, 0) is 4.79 Å². The van der Waals surface area contributed by atoms with E-state index in [1.807, 2.05) is 0 Å². The van der Waals surface area contributed by atoms with E-state index in [4.69, 9.17) is 14.6 Å². The summed E-state index contributed by atoms with van der Waals surface area (Å²) in [5.41, 5.74) is -0.0132. The summed E-state index contributed by atoms with van der Waals surface area (Å²) >= 11 is 0. The molecule has 6 nitrogen and oxygen atoms in total. The Labute approximate surface area is 123 Å². The van der Waals surface area contributed by atoms with E-state index in [9.17, 15) is 9.59 Å². The molecule has 21 heavy (non-hydrogen) atoms. The van der Waals surface area contributed by atoms with Crippen molar-refractivity contribution in [2.75, 3.05) is 26.8 Å². The lowest BCUT2D eigenvalue weighted by Crippen LogP contribution is -2.38. The average Bonchev–Trinajstić information content (AvgIpc) is 2.52. The van der Waals surface area contributed by atoms with Crippen molar-refractivity contribution in [2.24, 2.45) is 0 Å². The number of hydrogen-bond acceptors (Lipinski definition) is 4. The predicted octanol–water partition coefficient (Wildman–Crippen LogP) is 1.78. The van der Waals surface area contributed by atoms with E-state index in [1.165, 1.54) is 13.2 Å². The van der Waals surface area contributed by atoms with Crippen LogP contribution < -0.4 is 9.47 Å². The number of nitrogens with zero attached hydrogens (tertiary/aromatic N) is 1. The molecule has 1 amide bonds. The highest BCUT2D eigenvalue weighted by Crippen LogP contribution is 2.31. The van der Waals surface area contributed by atoms with E-state index >= 15 is 0 Å². The van der Waals surface area contributed by atoms with Gasteiger partial charge >= 0.3 is 5.97 Å². The molecule has 1 aromatic rings. The van der Waals surface area contributed by atoms with Gasteiger partial charge in [0.05, 0.1) is 7.11 Å². The van der Waals surface area contributed by atoms with E-state index in [0.29, 0.717) is 5.75 Å². The molecule has 0 aromatic heterocycles. The molecular formula is C15H19NO5. The van der Waals surface area contributed by atoms with Crippen LogP contribution in [0.2, 0.25) is 0 Å². The normalized spacial score (nSPS) is 14.6. The second kappa shape index (κ2) is 6.97. The van der Waals surface area contributed by atoms with Crippen LogP contribution >= 0.6 is 0 Å². The topological polar surface area (TPSA) is 76.1 Å². The lowest BCUT2D eigenvalue weighted by Gasteiger charge is -2.26. The largest absolute Gasteiger partial charge is 0.493 e. The van der Waals surface area contributed by atoms with Crippen LogP contribution in [0.3, 0.4) is 0 Å². The van der Waals surface area contributed by atoms with Crippen molar-refractivity contribution < 1.29 is 24.2 Å². The molecule has 0 unspecified atom stereocenters. The number of amides is 1. The van der Waals surface area contributed by atoms with Gasteiger partial charge in [0.2, 0.25) is 0 Å². The smallest absolute Gasteiger partial charge is 0.339 e. The minimum Gasteiger partial charge on any atom is -0.493 e. The zero-order valence-electron chi connectivity index (χ0n) is 12.0. The lowest BCUT2D eigenvalue weighted by atomic mass is 10.1. The van der Waals surface area contributed by atoms with Gasteiger partial charge in [0, 0.05) is 13.1 Å². The first-order chi connectivity index (χ1) is 10.1. The van der Waals surface area contributed by atoms with Crippen LogP contribution in [0, 0.1) is 0 Å². The first-order valence-corrected chi connectivity index (χ1v) is 6.94. The summed E-state index contributed by atoms with van der Waals surface area (Å²) in [6, 6.07) is 4.60. The number of ether oxygens (including phenoxy) is 2. The van der Waals surface area contributed by atoms with Crippen LogP contribution in [0.15, 0.2) is 18.2 Å². The molecule has 1 aliphatic rings. The van der Waals surface area contributed by atoms with Crippen molar-refractivity contribution in [1.29, 1.82) is 0 Å². The summed E-state index contributed by atoms with van der Waals surface area (Å²) in [6.45, 7) is 1.29. The van der Waals surface area contributed by atoms with Crippen molar-refractivity contribution in [2.45, 2.75) is 19.3 Å². The number of hydrogen-bond donors (Lipinski definition) is 1. The molecule has 1 N–H and O–H groups in total. The standard InChI is InChI=1S/C15H19NO5/c1-20-12-7-5-6-11(15(18)19)14(12)21-10-13(17)16-8-3-2-4-9-16/h5-7H,2-4,8-10H2,1H3,(H,18,19). The van der Waals surface area contributed by atoms with Gasteiger partial charge < -0.3 is 19.5 Å². The number of likely N-dealkylation sites (tertiary alicyclic amines) is 1. The number of carboxylic acids is 1. The maximum atomic E-state index is 12.1. The first kappa shape index (κ1) is 15.2. The fraction of sp³-hybridized carbons (Fsp3) is 0.467. The molecule has 1 aromatic carbocycles. The number of benzene rings is 1. The minimum absolute atomic E-state index is 0.0132. The highest BCUT2D eigenvalue weighted by atomic mass is 16.5. The maximum Gasteiger partial charge on any atom is 0.339 e. The zero-order valence-corrected chi connectivity index (χ0v) is 12.0. The Morgan fingerprint density at radius 3 is 2.57 bits per heavy atom. The maximum absolute atomic E-state index is 12.1. The summed E-state index contributed by atoms with van der Waals surface area (Å²) in [5, 5.41) is 9.17. The van der Waals surface area contributed by atoms with E-state index < -0.39 is 5.97 Å². The average molecular weight is 293 g/mol. The van der Waals surface area contributed by atoms with Crippen LogP contribution in [0.25, 0.3) is 0 Å². The number of carbonyl (C=O) groups is 2. The Hall–Kier alpha value is -2.24. The van der Waals surface area contributed by atoms with Gasteiger partial charge in [0.15, 0.2) is 18.1 Å². The van der Waals surface area contributed by atoms with Gasteiger partial charge in [0.25, 0.3) is 5.91 Å². The fourth-order valence-corrected chi connectivity index (χ4v) is 2.36. The summed E-state index contributed by atoms with van der Waals surface area (Å²) in [4.78, 5) is 25.0. The monoisotopic (exact) mass is 293 g/mol. The van der Waals surface area contributed by atoms with Crippen molar-refractivity contribution in [1.82, 2.24) is 4.90 Å². The number of methoxy groups -OCH3 is 1. The molecule has 0 aliphatic carbocycles. The molecule has 0 spiro atoms. The number of para-hydroxylation sites is 1. The molecule has 114 valence electrons. The predicted molar refractivity (Wildman–Crippen MR) is 75.9 cm³/mol. The molecule has 0 atom stereocenters. The molecule has 2 rings (SSSR count). The van der Waals surface area contributed by atoms with Crippen molar-refractivity contribution in [3.05, 3.63) is 23.8 Å². The molecule has 1 aliphatic heterocycles. The van der Waals surface area contributed by atoms with Crippen molar-refractivity contribution in [3.8, 4) is 11.5 Å². The number of carboxylic acid groups (broad SMARTS) is 1. The van der Waals surface area contributed by atoms with E-state index in [1.54, 1.807) is 17.0 Å². The Bertz CT molecular complexity index is 523. The molecule has 1 saturated heterocycles. The summed E-state index contributed by atoms with van der Waals surface area (Å²) in [5.74, 6) is -0.842. The van der Waals surface area contributed by atoms with Crippen molar-refractivity contribution >= 4 is 11.9 Å². The summed E-state index contributed by atoms with van der Waals surface area (Å²) in [6.07, 6.45) is 3.14. The molecule has 0 radical (unpaired) electrons. The van der Waals surface area contributed by atoms with E-state index in [0.717, 1.165) is 32.4 Å². The quantitative estimate of drug-likeness (QED) is 0.895. The lowest BCUT2D eigenvalue weighted by molar-refractivity contribution is -0.134. The number of aromatic carboxylic acids is 1. The van der Waals surface area contributed by atoms with Crippen LogP contribution in [0.1, 0.15) is 29.6 Å². The van der Waals surface area contributed by atoms with Crippen LogP contribution in [0.4, 0.5) is 0 Å². The van der Waals surface area contributed by atoms with Crippen LogP contribution in [-0.4, -0.2) is 48.7 Å². The third kappa shape index (κ3) is 3.65. The van der Waals surface area contributed by atoms with Gasteiger partial charge in [0.1, 0.15) is 5.56 Å². The molecule has 1 fully saturated rings. The highest BCUT2D eigenvalue weighted by Gasteiger charge is 2.20. The number of piperidine rings is 1. The van der Waals surface area contributed by atoms with Crippen LogP contribution in [0.5, 0.6) is 11.5 Å². The Kier molecular flexibility index (Phi) is 5.03. The Balaban J connectivity index is 2.08. The van der Waals surface area contributed by atoms with Gasteiger partial charge in [-0.05, 0) is 31.4 Å². The number of rotatable bonds is 5. The second-order valence-electron chi connectivity index (χ2n) is 4.87. The van der Waals surface area contributed by atoms with Crippen molar-refractivity contribution in [3.63, 3.8) is 0 Å². The summed E-state index contributed by atoms with van der Waals surface area (Å²) < 4.78 is 10.5. The molecular weight excluding hydrogens is 274 g/mol. The first-order valence-electron chi connectivity index (χ1n) is 6.94. The van der Waals surface area contributed by atoms with E-state index in [2.05, 4.69) is 0 Å². The van der Waals surface area contributed by atoms with Gasteiger partial charge in [-0.25, -0.2) is 4.79 Å². The molecule has 1 heterocycles. The number of carbonyl (C=O) groups excluding carboxylic acids is 1. The molecule has 0 saturated carbocycles. The van der Waals surface area contributed by atoms with Gasteiger partial charge in [-0.3, -0.25) is 4.79 Å². The molecule has 6 heteroatoms. The zero-order chi connectivity index (χ0) is 15.2. The Morgan fingerprint density at radius 2 is 1.95 bits per heavy atom. The minimum atomic E-state index is -1.12. The van der Waals surface area contributed by atoms with E-state index in [-0.39, 0.29) is 23.8 Å². The highest BCUT2D eigenvalue weighted by molar-refractivity contribution is 5.92. The third-order valence-corrected chi connectivity index (χ3v) is 3.48. The van der Waals surface area contributed by atoms with Gasteiger partial charge in [-0.15, -0.1) is 0 Å². The Morgan fingerprint density at radius 1 is 1.24 bits per heavy atom. The summed E-state index contributed by atoms with van der Waals surface area (Å²) in [7, 11) is 1.43. The second-order valence-corrected chi connectivity index (χ2v) is 4.87. The molecule has 0 bridgehead atoms. The SMILES string of the molecule is COc1cccc(C(=O)O)c1OCC(=O)N1CCCCC1. The van der Waals surface area contributed by atoms with Gasteiger partial charge in [-0.1, -0.05) is 6.07 Å². The fourth-order valence-electron chi connectivity index (χ4n) is 2.36.